The molecule has 3 rings (SSSR count). The smallest absolute Gasteiger partial charge is 0.243 e. The minimum Gasteiger partial charge on any atom is -0.332 e. The number of benzene rings is 2. The van der Waals surface area contributed by atoms with Gasteiger partial charge in [0.25, 0.3) is 0 Å². The molecule has 0 aliphatic carbocycles. The van der Waals surface area contributed by atoms with Gasteiger partial charge in [0.1, 0.15) is 0 Å². The summed E-state index contributed by atoms with van der Waals surface area (Å²) >= 11 is 17.1. The van der Waals surface area contributed by atoms with E-state index in [1.165, 1.54) is 4.31 Å². The molecule has 1 saturated heterocycles. The third kappa shape index (κ3) is 4.47. The minimum atomic E-state index is -3.41. The van der Waals surface area contributed by atoms with Crippen molar-refractivity contribution in [3.05, 3.63) is 52.5 Å². The van der Waals surface area contributed by atoms with Gasteiger partial charge in [0.2, 0.25) is 10.0 Å². The molecule has 9 heteroatoms. The van der Waals surface area contributed by atoms with Gasteiger partial charge in [-0.2, -0.15) is 4.31 Å². The molecular formula is C17H17Cl2N3O2S2. The van der Waals surface area contributed by atoms with Crippen molar-refractivity contribution in [1.82, 2.24) is 4.31 Å². The molecule has 1 fully saturated rings. The minimum absolute atomic E-state index is 0.285. The van der Waals surface area contributed by atoms with E-state index in [1.807, 2.05) is 0 Å². The van der Waals surface area contributed by atoms with Crippen LogP contribution < -0.4 is 10.6 Å². The monoisotopic (exact) mass is 429 g/mol. The second kappa shape index (κ2) is 8.10. The Morgan fingerprint density at radius 3 is 2.12 bits per heavy atom. The maximum Gasteiger partial charge on any atom is 0.243 e. The van der Waals surface area contributed by atoms with Crippen molar-refractivity contribution in [2.24, 2.45) is 0 Å². The van der Waals surface area contributed by atoms with Gasteiger partial charge >= 0.3 is 0 Å². The third-order valence-electron chi connectivity index (χ3n) is 3.99. The largest absolute Gasteiger partial charge is 0.332 e. The first-order chi connectivity index (χ1) is 12.4. The highest BCUT2D eigenvalue weighted by Gasteiger charge is 2.26. The van der Waals surface area contributed by atoms with Crippen molar-refractivity contribution in [1.29, 1.82) is 0 Å². The highest BCUT2D eigenvalue weighted by molar-refractivity contribution is 7.89. The van der Waals surface area contributed by atoms with Crippen molar-refractivity contribution in [2.75, 3.05) is 23.7 Å². The summed E-state index contributed by atoms with van der Waals surface area (Å²) in [7, 11) is -3.41. The summed E-state index contributed by atoms with van der Waals surface area (Å²) in [5, 5.41) is 7.26. The lowest BCUT2D eigenvalue weighted by Crippen LogP contribution is -2.27. The van der Waals surface area contributed by atoms with Crippen LogP contribution in [-0.4, -0.2) is 30.9 Å². The quantitative estimate of drug-likeness (QED) is 0.695. The van der Waals surface area contributed by atoms with Crippen LogP contribution in [0.4, 0.5) is 11.4 Å². The third-order valence-corrected chi connectivity index (χ3v) is 6.85. The lowest BCUT2D eigenvalue weighted by atomic mass is 10.3. The fourth-order valence-corrected chi connectivity index (χ4v) is 4.71. The number of hydrogen-bond donors (Lipinski definition) is 2. The molecule has 26 heavy (non-hydrogen) atoms. The molecule has 0 spiro atoms. The predicted octanol–water partition coefficient (Wildman–Crippen LogP) is 4.59. The van der Waals surface area contributed by atoms with Gasteiger partial charge in [-0.05, 0) is 67.5 Å². The van der Waals surface area contributed by atoms with Gasteiger partial charge in [-0.1, -0.05) is 23.2 Å². The first-order valence-electron chi connectivity index (χ1n) is 7.99. The Balaban J connectivity index is 1.65. The van der Waals surface area contributed by atoms with Gasteiger partial charge < -0.3 is 10.6 Å². The molecule has 5 nitrogen and oxygen atoms in total. The van der Waals surface area contributed by atoms with E-state index < -0.39 is 10.0 Å². The molecule has 0 amide bonds. The molecule has 1 heterocycles. The lowest BCUT2D eigenvalue weighted by Gasteiger charge is -2.16. The first kappa shape index (κ1) is 19.4. The topological polar surface area (TPSA) is 61.4 Å². The zero-order valence-corrected chi connectivity index (χ0v) is 16.9. The maximum absolute atomic E-state index is 12.5. The van der Waals surface area contributed by atoms with E-state index in [-0.39, 0.29) is 4.90 Å². The maximum atomic E-state index is 12.5. The molecule has 0 atom stereocenters. The van der Waals surface area contributed by atoms with Crippen LogP contribution in [0.15, 0.2) is 47.4 Å². The van der Waals surface area contributed by atoms with Crippen LogP contribution in [0, 0.1) is 0 Å². The molecular weight excluding hydrogens is 413 g/mol. The van der Waals surface area contributed by atoms with E-state index >= 15 is 0 Å². The highest BCUT2D eigenvalue weighted by atomic mass is 35.5. The number of rotatable bonds is 4. The van der Waals surface area contributed by atoms with Crippen molar-refractivity contribution >= 4 is 61.9 Å². The number of sulfonamides is 1. The average Bonchev–Trinajstić information content (AvgIpc) is 3.14. The van der Waals surface area contributed by atoms with Crippen LogP contribution in [-0.2, 0) is 10.0 Å². The summed E-state index contributed by atoms with van der Waals surface area (Å²) in [5.74, 6) is 0. The molecule has 138 valence electrons. The zero-order valence-electron chi connectivity index (χ0n) is 13.7. The molecule has 1 aliphatic rings. The number of halogens is 2. The molecule has 0 unspecified atom stereocenters. The first-order valence-corrected chi connectivity index (χ1v) is 10.6. The Morgan fingerprint density at radius 1 is 0.923 bits per heavy atom. The van der Waals surface area contributed by atoms with E-state index in [0.29, 0.717) is 39.6 Å². The van der Waals surface area contributed by atoms with E-state index in [9.17, 15) is 8.42 Å². The Bertz CT molecular complexity index is 912. The second-order valence-electron chi connectivity index (χ2n) is 5.84. The summed E-state index contributed by atoms with van der Waals surface area (Å²) in [6.07, 6.45) is 1.82. The number of thiocarbonyl (C=S) groups is 1. The molecule has 2 aromatic carbocycles. The van der Waals surface area contributed by atoms with Crippen LogP contribution in [0.1, 0.15) is 12.8 Å². The Hall–Kier alpha value is -1.38. The van der Waals surface area contributed by atoms with E-state index in [4.69, 9.17) is 35.4 Å². The molecule has 1 aliphatic heterocycles. The van der Waals surface area contributed by atoms with Crippen LogP contribution in [0.2, 0.25) is 10.0 Å². The van der Waals surface area contributed by atoms with Gasteiger partial charge in [0, 0.05) is 24.5 Å². The van der Waals surface area contributed by atoms with Crippen LogP contribution in [0.3, 0.4) is 0 Å². The summed E-state index contributed by atoms with van der Waals surface area (Å²) in [5.41, 5.74) is 1.38. The van der Waals surface area contributed by atoms with Gasteiger partial charge in [0.05, 0.1) is 14.9 Å². The van der Waals surface area contributed by atoms with Crippen LogP contribution in [0.25, 0.3) is 0 Å². The number of nitrogens with one attached hydrogen (secondary N) is 2. The summed E-state index contributed by atoms with van der Waals surface area (Å²) in [6, 6.07) is 11.6. The number of anilines is 2. The van der Waals surface area contributed by atoms with Gasteiger partial charge in [-0.15, -0.1) is 0 Å². The molecule has 2 aromatic rings. The SMILES string of the molecule is O=S(=O)(c1ccc(NC(=S)Nc2ccc(Cl)c(Cl)c2)cc1)N1CCCC1. The fraction of sp³-hybridized carbons (Fsp3) is 0.235. The standard InChI is InChI=1S/C17H17Cl2N3O2S2/c18-15-8-5-13(11-16(15)19)21-17(25)20-12-3-6-14(7-4-12)26(23,24)22-9-1-2-10-22/h3-8,11H,1-2,9-10H2,(H2,20,21,25). The summed E-state index contributed by atoms with van der Waals surface area (Å²) in [6.45, 7) is 1.17. The molecule has 0 bridgehead atoms. The van der Waals surface area contributed by atoms with Crippen molar-refractivity contribution in [3.8, 4) is 0 Å². The summed E-state index contributed by atoms with van der Waals surface area (Å²) < 4.78 is 26.5. The van der Waals surface area contributed by atoms with Crippen molar-refractivity contribution < 1.29 is 8.42 Å². The molecule has 0 aromatic heterocycles. The van der Waals surface area contributed by atoms with E-state index in [1.54, 1.807) is 42.5 Å². The number of nitrogens with zero attached hydrogens (tertiary/aromatic N) is 1. The van der Waals surface area contributed by atoms with Crippen molar-refractivity contribution in [3.63, 3.8) is 0 Å². The fourth-order valence-electron chi connectivity index (χ4n) is 2.66. The zero-order chi connectivity index (χ0) is 18.7. The molecule has 0 saturated carbocycles. The Morgan fingerprint density at radius 2 is 1.50 bits per heavy atom. The Labute approximate surface area is 168 Å². The van der Waals surface area contributed by atoms with Crippen molar-refractivity contribution in [2.45, 2.75) is 17.7 Å². The second-order valence-corrected chi connectivity index (χ2v) is 9.00. The Kier molecular flexibility index (Phi) is 6.04. The van der Waals surface area contributed by atoms with Gasteiger partial charge in [-0.3, -0.25) is 0 Å². The van der Waals surface area contributed by atoms with E-state index in [0.717, 1.165) is 12.8 Å². The van der Waals surface area contributed by atoms with Crippen LogP contribution >= 0.6 is 35.4 Å². The predicted molar refractivity (Wildman–Crippen MR) is 111 cm³/mol. The number of hydrogen-bond acceptors (Lipinski definition) is 3. The van der Waals surface area contributed by atoms with Gasteiger partial charge in [-0.25, -0.2) is 8.42 Å². The molecule has 2 N–H and O–H groups in total. The van der Waals surface area contributed by atoms with E-state index in [2.05, 4.69) is 10.6 Å². The summed E-state index contributed by atoms with van der Waals surface area (Å²) in [4.78, 5) is 0.285. The average molecular weight is 430 g/mol. The van der Waals surface area contributed by atoms with Gasteiger partial charge in [0.15, 0.2) is 5.11 Å². The molecule has 0 radical (unpaired) electrons. The highest BCUT2D eigenvalue weighted by Crippen LogP contribution is 2.25. The normalized spacial score (nSPS) is 15.0. The van der Waals surface area contributed by atoms with Crippen LogP contribution in [0.5, 0.6) is 0 Å². The lowest BCUT2D eigenvalue weighted by molar-refractivity contribution is 0.477.